The highest BCUT2D eigenvalue weighted by atomic mass is 32.1. The molecular weight excluding hydrogens is 332 g/mol. The fourth-order valence-corrected chi connectivity index (χ4v) is 4.27. The van der Waals surface area contributed by atoms with Crippen LogP contribution in [-0.4, -0.2) is 17.5 Å². The molecule has 4 nitrogen and oxygen atoms in total. The largest absolute Gasteiger partial charge is 0.373 e. The molecule has 1 aliphatic rings. The van der Waals surface area contributed by atoms with Crippen molar-refractivity contribution in [3.05, 3.63) is 63.5 Å². The number of pyridine rings is 1. The Labute approximate surface area is 150 Å². The van der Waals surface area contributed by atoms with Crippen molar-refractivity contribution in [2.45, 2.75) is 32.4 Å². The van der Waals surface area contributed by atoms with Gasteiger partial charge in [-0.3, -0.25) is 9.78 Å². The summed E-state index contributed by atoms with van der Waals surface area (Å²) in [5.74, 6) is -0.0328. The van der Waals surface area contributed by atoms with Gasteiger partial charge in [-0.15, -0.1) is 11.3 Å². The van der Waals surface area contributed by atoms with E-state index in [-0.39, 0.29) is 12.0 Å². The van der Waals surface area contributed by atoms with Crippen LogP contribution in [0.2, 0.25) is 0 Å². The second kappa shape index (κ2) is 6.94. The first-order chi connectivity index (χ1) is 12.2. The first kappa shape index (κ1) is 16.2. The van der Waals surface area contributed by atoms with Crippen LogP contribution in [0.1, 0.15) is 44.6 Å². The summed E-state index contributed by atoms with van der Waals surface area (Å²) in [6.07, 6.45) is 4.10. The summed E-state index contributed by atoms with van der Waals surface area (Å²) in [5.41, 5.74) is 3.23. The van der Waals surface area contributed by atoms with Crippen molar-refractivity contribution in [3.63, 3.8) is 0 Å². The van der Waals surface area contributed by atoms with E-state index < -0.39 is 0 Å². The smallest absolute Gasteiger partial charge is 0.261 e. The van der Waals surface area contributed by atoms with Gasteiger partial charge in [-0.1, -0.05) is 12.1 Å². The standard InChI is InChI=1S/C20H20N2O2S/c1-13-6-7-16-14(4-2-10-21-16)15(13)12-22-20(23)19-9-8-18(25-19)17-5-3-11-24-17/h2,4,6-10,17H,3,5,11-12H2,1H3,(H,22,23). The van der Waals surface area contributed by atoms with Gasteiger partial charge >= 0.3 is 0 Å². The average molecular weight is 352 g/mol. The lowest BCUT2D eigenvalue weighted by molar-refractivity contribution is 0.0955. The van der Waals surface area contributed by atoms with Gasteiger partial charge in [-0.25, -0.2) is 0 Å². The summed E-state index contributed by atoms with van der Waals surface area (Å²) in [6.45, 7) is 3.38. The SMILES string of the molecule is Cc1ccc2ncccc2c1CNC(=O)c1ccc(C2CCCO2)s1. The Morgan fingerprint density at radius 1 is 1.32 bits per heavy atom. The molecule has 1 saturated heterocycles. The van der Waals surface area contributed by atoms with E-state index in [0.717, 1.165) is 51.2 Å². The van der Waals surface area contributed by atoms with Gasteiger partial charge < -0.3 is 10.1 Å². The first-order valence-electron chi connectivity index (χ1n) is 8.55. The van der Waals surface area contributed by atoms with Gasteiger partial charge in [0.2, 0.25) is 0 Å². The van der Waals surface area contributed by atoms with E-state index in [9.17, 15) is 4.79 Å². The summed E-state index contributed by atoms with van der Waals surface area (Å²) in [7, 11) is 0. The lowest BCUT2D eigenvalue weighted by Gasteiger charge is -2.11. The third-order valence-corrected chi connectivity index (χ3v) is 5.83. The van der Waals surface area contributed by atoms with Crippen molar-refractivity contribution in [1.82, 2.24) is 10.3 Å². The second-order valence-corrected chi connectivity index (χ2v) is 7.43. The number of aryl methyl sites for hydroxylation is 1. The maximum absolute atomic E-state index is 12.5. The van der Waals surface area contributed by atoms with E-state index in [2.05, 4.69) is 29.4 Å². The number of hydrogen-bond donors (Lipinski definition) is 1. The van der Waals surface area contributed by atoms with Crippen LogP contribution in [-0.2, 0) is 11.3 Å². The van der Waals surface area contributed by atoms with E-state index in [4.69, 9.17) is 4.74 Å². The molecule has 128 valence electrons. The fraction of sp³-hybridized carbons (Fsp3) is 0.300. The molecule has 1 amide bonds. The van der Waals surface area contributed by atoms with Crippen molar-refractivity contribution in [2.75, 3.05) is 6.61 Å². The topological polar surface area (TPSA) is 51.2 Å². The van der Waals surface area contributed by atoms with Gasteiger partial charge in [0.1, 0.15) is 0 Å². The van der Waals surface area contributed by atoms with Gasteiger partial charge in [-0.05, 0) is 55.2 Å². The molecule has 0 bridgehead atoms. The molecule has 25 heavy (non-hydrogen) atoms. The number of carbonyl (C=O) groups excluding carboxylic acids is 1. The molecule has 0 saturated carbocycles. The van der Waals surface area contributed by atoms with Crippen molar-refractivity contribution in [2.24, 2.45) is 0 Å². The molecule has 1 aromatic carbocycles. The molecule has 3 aromatic rings. The number of aromatic nitrogens is 1. The fourth-order valence-electron chi connectivity index (χ4n) is 3.26. The van der Waals surface area contributed by atoms with Gasteiger partial charge in [-0.2, -0.15) is 0 Å². The van der Waals surface area contributed by atoms with Crippen molar-refractivity contribution >= 4 is 28.1 Å². The molecular formula is C20H20N2O2S. The molecule has 1 aliphatic heterocycles. The van der Waals surface area contributed by atoms with Crippen LogP contribution < -0.4 is 5.32 Å². The van der Waals surface area contributed by atoms with Crippen LogP contribution in [0.4, 0.5) is 0 Å². The molecule has 1 fully saturated rings. The highest BCUT2D eigenvalue weighted by Gasteiger charge is 2.21. The number of hydrogen-bond acceptors (Lipinski definition) is 4. The molecule has 4 rings (SSSR count). The minimum Gasteiger partial charge on any atom is -0.373 e. The normalized spacial score (nSPS) is 17.1. The van der Waals surface area contributed by atoms with E-state index in [0.29, 0.717) is 6.54 Å². The third kappa shape index (κ3) is 3.30. The van der Waals surface area contributed by atoms with Crippen LogP contribution in [0.25, 0.3) is 10.9 Å². The number of rotatable bonds is 4. The molecule has 1 unspecified atom stereocenters. The summed E-state index contributed by atoms with van der Waals surface area (Å²) < 4.78 is 5.70. The van der Waals surface area contributed by atoms with E-state index >= 15 is 0 Å². The molecule has 0 aliphatic carbocycles. The van der Waals surface area contributed by atoms with E-state index in [1.54, 1.807) is 6.20 Å². The predicted molar refractivity (Wildman–Crippen MR) is 99.9 cm³/mol. The lowest BCUT2D eigenvalue weighted by Crippen LogP contribution is -2.22. The molecule has 0 spiro atoms. The number of fused-ring (bicyclic) bond motifs is 1. The Balaban J connectivity index is 1.50. The predicted octanol–water partition coefficient (Wildman–Crippen LogP) is 4.39. The number of thiophene rings is 1. The zero-order valence-corrected chi connectivity index (χ0v) is 14.9. The molecule has 1 N–H and O–H groups in total. The van der Waals surface area contributed by atoms with Gasteiger partial charge in [0.25, 0.3) is 5.91 Å². The van der Waals surface area contributed by atoms with Crippen LogP contribution in [0.5, 0.6) is 0 Å². The molecule has 3 heterocycles. The number of ether oxygens (including phenoxy) is 1. The van der Waals surface area contributed by atoms with Crippen LogP contribution in [0, 0.1) is 6.92 Å². The molecule has 2 aromatic heterocycles. The van der Waals surface area contributed by atoms with Crippen LogP contribution in [0.15, 0.2) is 42.6 Å². The number of amides is 1. The second-order valence-electron chi connectivity index (χ2n) is 6.32. The van der Waals surface area contributed by atoms with Crippen molar-refractivity contribution < 1.29 is 9.53 Å². The summed E-state index contributed by atoms with van der Waals surface area (Å²) in [5, 5.41) is 4.15. The van der Waals surface area contributed by atoms with Gasteiger partial charge in [0.05, 0.1) is 16.5 Å². The first-order valence-corrected chi connectivity index (χ1v) is 9.37. The zero-order valence-electron chi connectivity index (χ0n) is 14.1. The van der Waals surface area contributed by atoms with Gasteiger partial charge in [0.15, 0.2) is 0 Å². The lowest BCUT2D eigenvalue weighted by atomic mass is 10.0. The summed E-state index contributed by atoms with van der Waals surface area (Å²) in [6, 6.07) is 12.0. The van der Waals surface area contributed by atoms with E-state index in [1.807, 2.05) is 24.3 Å². The Morgan fingerprint density at radius 3 is 3.08 bits per heavy atom. The van der Waals surface area contributed by atoms with Crippen molar-refractivity contribution in [3.8, 4) is 0 Å². The summed E-state index contributed by atoms with van der Waals surface area (Å²) in [4.78, 5) is 18.8. The van der Waals surface area contributed by atoms with Crippen LogP contribution >= 0.6 is 11.3 Å². The highest BCUT2D eigenvalue weighted by Crippen LogP contribution is 2.33. The van der Waals surface area contributed by atoms with Crippen LogP contribution in [0.3, 0.4) is 0 Å². The molecule has 1 atom stereocenters. The number of nitrogens with zero attached hydrogens (tertiary/aromatic N) is 1. The number of nitrogens with one attached hydrogen (secondary N) is 1. The maximum Gasteiger partial charge on any atom is 0.261 e. The third-order valence-electron chi connectivity index (χ3n) is 4.65. The Hall–Kier alpha value is -2.24. The molecule has 0 radical (unpaired) electrons. The maximum atomic E-state index is 12.5. The monoisotopic (exact) mass is 352 g/mol. The van der Waals surface area contributed by atoms with E-state index in [1.165, 1.54) is 11.3 Å². The van der Waals surface area contributed by atoms with Crippen molar-refractivity contribution in [1.29, 1.82) is 0 Å². The summed E-state index contributed by atoms with van der Waals surface area (Å²) >= 11 is 1.53. The average Bonchev–Trinajstić information content (AvgIpc) is 3.32. The quantitative estimate of drug-likeness (QED) is 0.758. The number of carbonyl (C=O) groups is 1. The Morgan fingerprint density at radius 2 is 2.24 bits per heavy atom. The number of benzene rings is 1. The minimum absolute atomic E-state index is 0.0328. The minimum atomic E-state index is -0.0328. The Kier molecular flexibility index (Phi) is 4.51. The van der Waals surface area contributed by atoms with Gasteiger partial charge in [0, 0.05) is 29.6 Å². The highest BCUT2D eigenvalue weighted by molar-refractivity contribution is 7.14. The zero-order chi connectivity index (χ0) is 17.2. The molecule has 5 heteroatoms. The Bertz CT molecular complexity index is 913.